The lowest BCUT2D eigenvalue weighted by atomic mass is 10.1. The zero-order valence-corrected chi connectivity index (χ0v) is 11.1. The molecule has 1 N–H and O–H groups in total. The van der Waals surface area contributed by atoms with Crippen molar-refractivity contribution in [3.8, 4) is 11.3 Å². The maximum absolute atomic E-state index is 3.48. The van der Waals surface area contributed by atoms with Crippen molar-refractivity contribution in [1.29, 1.82) is 0 Å². The lowest BCUT2D eigenvalue weighted by Gasteiger charge is -2.00. The molecule has 0 saturated carbocycles. The minimum Gasteiger partial charge on any atom is -0.354 e. The number of aromatic amines is 1. The van der Waals surface area contributed by atoms with Gasteiger partial charge in [0.05, 0.1) is 0 Å². The molecular weight excluding hydrogens is 274 g/mol. The molecule has 0 aliphatic heterocycles. The predicted molar refractivity (Wildman–Crippen MR) is 76.2 cm³/mol. The molecule has 0 aliphatic carbocycles. The molecule has 0 unspecified atom stereocenters. The molecule has 3 rings (SSSR count). The SMILES string of the molecule is Cc1c(-c2ccc(Br)cc2)[nH]c2ccccc12. The Morgan fingerprint density at radius 1 is 0.941 bits per heavy atom. The van der Waals surface area contributed by atoms with Crippen LogP contribution in [-0.2, 0) is 0 Å². The van der Waals surface area contributed by atoms with Gasteiger partial charge in [0, 0.05) is 21.1 Å². The molecule has 0 spiro atoms. The Bertz CT molecular complexity index is 665. The van der Waals surface area contributed by atoms with Gasteiger partial charge in [0.1, 0.15) is 0 Å². The van der Waals surface area contributed by atoms with Gasteiger partial charge in [-0.25, -0.2) is 0 Å². The molecule has 0 amide bonds. The van der Waals surface area contributed by atoms with Crippen molar-refractivity contribution in [2.75, 3.05) is 0 Å². The van der Waals surface area contributed by atoms with Gasteiger partial charge < -0.3 is 4.98 Å². The minimum atomic E-state index is 1.11. The van der Waals surface area contributed by atoms with Crippen LogP contribution in [0, 0.1) is 6.92 Å². The number of aromatic nitrogens is 1. The smallest absolute Gasteiger partial charge is 0.0494 e. The maximum Gasteiger partial charge on any atom is 0.0494 e. The van der Waals surface area contributed by atoms with Gasteiger partial charge in [-0.05, 0) is 36.2 Å². The fourth-order valence-corrected chi connectivity index (χ4v) is 2.45. The van der Waals surface area contributed by atoms with Gasteiger partial charge in [-0.2, -0.15) is 0 Å². The van der Waals surface area contributed by atoms with Gasteiger partial charge in [-0.3, -0.25) is 0 Å². The van der Waals surface area contributed by atoms with E-state index in [0.717, 1.165) is 4.47 Å². The Morgan fingerprint density at radius 3 is 2.35 bits per heavy atom. The van der Waals surface area contributed by atoms with E-state index in [1.54, 1.807) is 0 Å². The van der Waals surface area contributed by atoms with Crippen molar-refractivity contribution in [2.24, 2.45) is 0 Å². The van der Waals surface area contributed by atoms with Crippen LogP contribution in [-0.4, -0.2) is 4.98 Å². The summed E-state index contributed by atoms with van der Waals surface area (Å²) < 4.78 is 1.11. The molecule has 0 saturated heterocycles. The first-order valence-electron chi connectivity index (χ1n) is 5.59. The maximum atomic E-state index is 3.48. The third-order valence-electron chi connectivity index (χ3n) is 3.10. The van der Waals surface area contributed by atoms with Crippen LogP contribution in [0.5, 0.6) is 0 Å². The number of hydrogen-bond donors (Lipinski definition) is 1. The fraction of sp³-hybridized carbons (Fsp3) is 0.0667. The van der Waals surface area contributed by atoms with Gasteiger partial charge in [0.25, 0.3) is 0 Å². The van der Waals surface area contributed by atoms with E-state index in [-0.39, 0.29) is 0 Å². The number of para-hydroxylation sites is 1. The monoisotopic (exact) mass is 285 g/mol. The molecule has 84 valence electrons. The summed E-state index contributed by atoms with van der Waals surface area (Å²) in [6.45, 7) is 2.16. The summed E-state index contributed by atoms with van der Waals surface area (Å²) in [6, 6.07) is 16.8. The molecule has 1 heterocycles. The second-order valence-electron chi connectivity index (χ2n) is 4.18. The summed E-state index contributed by atoms with van der Waals surface area (Å²) in [7, 11) is 0. The van der Waals surface area contributed by atoms with E-state index < -0.39 is 0 Å². The normalized spacial score (nSPS) is 10.9. The van der Waals surface area contributed by atoms with Crippen LogP contribution in [0.4, 0.5) is 0 Å². The summed E-state index contributed by atoms with van der Waals surface area (Å²) in [6.07, 6.45) is 0. The van der Waals surface area contributed by atoms with E-state index in [0.29, 0.717) is 0 Å². The molecule has 0 bridgehead atoms. The van der Waals surface area contributed by atoms with Crippen LogP contribution in [0.3, 0.4) is 0 Å². The Labute approximate surface area is 109 Å². The number of benzene rings is 2. The molecule has 2 heteroatoms. The molecule has 1 nitrogen and oxygen atoms in total. The lowest BCUT2D eigenvalue weighted by Crippen LogP contribution is -1.79. The second kappa shape index (κ2) is 4.04. The van der Waals surface area contributed by atoms with Crippen LogP contribution < -0.4 is 0 Å². The zero-order valence-electron chi connectivity index (χ0n) is 9.50. The van der Waals surface area contributed by atoms with Gasteiger partial charge >= 0.3 is 0 Å². The van der Waals surface area contributed by atoms with Crippen molar-refractivity contribution in [3.63, 3.8) is 0 Å². The molecule has 2 aromatic carbocycles. The van der Waals surface area contributed by atoms with Gasteiger partial charge in [-0.1, -0.05) is 46.3 Å². The van der Waals surface area contributed by atoms with E-state index in [2.05, 4.69) is 76.4 Å². The highest BCUT2D eigenvalue weighted by atomic mass is 79.9. The van der Waals surface area contributed by atoms with Crippen LogP contribution >= 0.6 is 15.9 Å². The Balaban J connectivity index is 2.24. The van der Waals surface area contributed by atoms with E-state index in [1.807, 2.05) is 0 Å². The molecule has 0 radical (unpaired) electrons. The van der Waals surface area contributed by atoms with Crippen molar-refractivity contribution in [1.82, 2.24) is 4.98 Å². The lowest BCUT2D eigenvalue weighted by molar-refractivity contribution is 1.40. The van der Waals surface area contributed by atoms with E-state index >= 15 is 0 Å². The Hall–Kier alpha value is -1.54. The molecule has 3 aromatic rings. The quantitative estimate of drug-likeness (QED) is 0.654. The number of hydrogen-bond acceptors (Lipinski definition) is 0. The number of halogens is 1. The van der Waals surface area contributed by atoms with E-state index in [1.165, 1.54) is 27.7 Å². The Kier molecular flexibility index (Phi) is 2.52. The van der Waals surface area contributed by atoms with Crippen molar-refractivity contribution in [2.45, 2.75) is 6.92 Å². The second-order valence-corrected chi connectivity index (χ2v) is 5.09. The summed E-state index contributed by atoms with van der Waals surface area (Å²) in [5.41, 5.74) is 4.94. The topological polar surface area (TPSA) is 15.8 Å². The number of rotatable bonds is 1. The average Bonchev–Trinajstić information content (AvgIpc) is 2.69. The number of nitrogens with one attached hydrogen (secondary N) is 1. The average molecular weight is 286 g/mol. The molecule has 0 atom stereocenters. The zero-order chi connectivity index (χ0) is 11.8. The summed E-state index contributed by atoms with van der Waals surface area (Å²) in [4.78, 5) is 3.48. The van der Waals surface area contributed by atoms with Crippen LogP contribution in [0.15, 0.2) is 53.0 Å². The number of fused-ring (bicyclic) bond motifs is 1. The van der Waals surface area contributed by atoms with Crippen molar-refractivity contribution in [3.05, 3.63) is 58.6 Å². The van der Waals surface area contributed by atoms with Crippen LogP contribution in [0.25, 0.3) is 22.2 Å². The van der Waals surface area contributed by atoms with Gasteiger partial charge in [0.15, 0.2) is 0 Å². The molecule has 17 heavy (non-hydrogen) atoms. The Morgan fingerprint density at radius 2 is 1.65 bits per heavy atom. The third-order valence-corrected chi connectivity index (χ3v) is 3.63. The summed E-state index contributed by atoms with van der Waals surface area (Å²) >= 11 is 3.46. The largest absolute Gasteiger partial charge is 0.354 e. The highest BCUT2D eigenvalue weighted by molar-refractivity contribution is 9.10. The highest BCUT2D eigenvalue weighted by Crippen LogP contribution is 2.29. The van der Waals surface area contributed by atoms with Gasteiger partial charge in [-0.15, -0.1) is 0 Å². The first-order chi connectivity index (χ1) is 8.25. The molecule has 0 fully saturated rings. The number of H-pyrrole nitrogens is 1. The van der Waals surface area contributed by atoms with Crippen LogP contribution in [0.2, 0.25) is 0 Å². The first kappa shape index (κ1) is 10.6. The minimum absolute atomic E-state index is 1.11. The third kappa shape index (κ3) is 1.79. The van der Waals surface area contributed by atoms with Crippen molar-refractivity contribution >= 4 is 26.8 Å². The molecule has 1 aromatic heterocycles. The summed E-state index contributed by atoms with van der Waals surface area (Å²) in [5.74, 6) is 0. The van der Waals surface area contributed by atoms with E-state index in [9.17, 15) is 0 Å². The first-order valence-corrected chi connectivity index (χ1v) is 6.38. The summed E-state index contributed by atoms with van der Waals surface area (Å²) in [5, 5.41) is 1.30. The predicted octanol–water partition coefficient (Wildman–Crippen LogP) is 4.91. The molecular formula is C15H12BrN. The molecule has 0 aliphatic rings. The van der Waals surface area contributed by atoms with Gasteiger partial charge in [0.2, 0.25) is 0 Å². The van der Waals surface area contributed by atoms with Crippen LogP contribution in [0.1, 0.15) is 5.56 Å². The highest BCUT2D eigenvalue weighted by Gasteiger charge is 2.08. The fourth-order valence-electron chi connectivity index (χ4n) is 2.19. The van der Waals surface area contributed by atoms with Crippen molar-refractivity contribution < 1.29 is 0 Å². The number of aryl methyl sites for hydroxylation is 1. The standard InChI is InChI=1S/C15H12BrN/c1-10-13-4-2-3-5-14(13)17-15(10)11-6-8-12(16)9-7-11/h2-9,17H,1H3. The van der Waals surface area contributed by atoms with E-state index in [4.69, 9.17) is 0 Å².